The molecule has 0 radical (unpaired) electrons. The number of fused-ring (bicyclic) bond motifs is 3. The minimum absolute atomic E-state index is 0.0730. The molecule has 0 fully saturated rings. The van der Waals surface area contributed by atoms with E-state index in [1.807, 2.05) is 17.0 Å². The first-order chi connectivity index (χ1) is 14.8. The summed E-state index contributed by atoms with van der Waals surface area (Å²) in [6, 6.07) is 11.7. The number of nitrogens with two attached hydrogens (primary N) is 3. The summed E-state index contributed by atoms with van der Waals surface area (Å²) in [5.41, 5.74) is 22.0. The van der Waals surface area contributed by atoms with Gasteiger partial charge in [-0.1, -0.05) is 23.2 Å². The fourth-order valence-electron chi connectivity index (χ4n) is 4.00. The molecule has 0 aliphatic carbocycles. The third-order valence-corrected chi connectivity index (χ3v) is 6.16. The zero-order chi connectivity index (χ0) is 22.1. The summed E-state index contributed by atoms with van der Waals surface area (Å²) in [6.45, 7) is 2.40. The maximum atomic E-state index is 7.83. The van der Waals surface area contributed by atoms with Crippen LogP contribution in [0, 0.1) is 5.41 Å². The molecule has 8 N–H and O–H groups in total. The summed E-state index contributed by atoms with van der Waals surface area (Å²) in [4.78, 5) is 6.00. The fourth-order valence-corrected chi connectivity index (χ4v) is 4.30. The first-order valence-corrected chi connectivity index (χ1v) is 10.6. The lowest BCUT2D eigenvalue weighted by Crippen LogP contribution is -2.40. The molecule has 2 heterocycles. The number of nitrogens with one attached hydrogen (secondary N) is 2. The molecule has 2 aromatic carbocycles. The topological polar surface area (TPSA) is 134 Å². The zero-order valence-electron chi connectivity index (χ0n) is 16.8. The van der Waals surface area contributed by atoms with Crippen LogP contribution in [0.4, 0.5) is 11.4 Å². The van der Waals surface area contributed by atoms with Crippen molar-refractivity contribution in [3.63, 3.8) is 0 Å². The highest BCUT2D eigenvalue weighted by Crippen LogP contribution is 2.34. The Bertz CT molecular complexity index is 1180. The van der Waals surface area contributed by atoms with E-state index in [0.29, 0.717) is 36.2 Å². The Morgan fingerprint density at radius 2 is 1.81 bits per heavy atom. The van der Waals surface area contributed by atoms with Crippen molar-refractivity contribution >= 4 is 57.4 Å². The average molecular weight is 459 g/mol. The van der Waals surface area contributed by atoms with Gasteiger partial charge in [0.25, 0.3) is 0 Å². The van der Waals surface area contributed by atoms with Gasteiger partial charge in [0.1, 0.15) is 0 Å². The highest BCUT2D eigenvalue weighted by atomic mass is 35.5. The Kier molecular flexibility index (Phi) is 5.84. The molecule has 8 nitrogen and oxygen atoms in total. The lowest BCUT2D eigenvalue weighted by molar-refractivity contribution is 0.373. The summed E-state index contributed by atoms with van der Waals surface area (Å²) >= 11 is 12.2. The van der Waals surface area contributed by atoms with Gasteiger partial charge >= 0.3 is 0 Å². The molecular formula is C21H24Cl2N8. The Morgan fingerprint density at radius 1 is 1.06 bits per heavy atom. The van der Waals surface area contributed by atoms with E-state index in [0.717, 1.165) is 34.4 Å². The second-order valence-corrected chi connectivity index (χ2v) is 8.24. The van der Waals surface area contributed by atoms with Crippen LogP contribution in [0.1, 0.15) is 11.3 Å². The van der Waals surface area contributed by atoms with Gasteiger partial charge in [-0.05, 0) is 48.4 Å². The molecule has 0 amide bonds. The number of hydrogen-bond donors (Lipinski definition) is 5. The van der Waals surface area contributed by atoms with Crippen LogP contribution in [0.3, 0.4) is 0 Å². The Morgan fingerprint density at radius 3 is 2.52 bits per heavy atom. The molecule has 31 heavy (non-hydrogen) atoms. The number of nitrogens with zero attached hydrogens (tertiary/aromatic N) is 3. The van der Waals surface area contributed by atoms with Crippen molar-refractivity contribution in [2.24, 2.45) is 22.2 Å². The molecule has 162 valence electrons. The lowest BCUT2D eigenvalue weighted by atomic mass is 10.0. The summed E-state index contributed by atoms with van der Waals surface area (Å²) in [5.74, 6) is 0.150. The second-order valence-electron chi connectivity index (χ2n) is 7.43. The molecule has 10 heteroatoms. The highest BCUT2D eigenvalue weighted by Gasteiger charge is 2.24. The van der Waals surface area contributed by atoms with Gasteiger partial charge in [0.05, 0.1) is 23.1 Å². The minimum atomic E-state index is 0.0730. The summed E-state index contributed by atoms with van der Waals surface area (Å²) in [6.07, 6.45) is 0.803. The Balaban J connectivity index is 1.73. The van der Waals surface area contributed by atoms with E-state index >= 15 is 0 Å². The van der Waals surface area contributed by atoms with E-state index in [1.165, 1.54) is 5.56 Å². The van der Waals surface area contributed by atoms with Gasteiger partial charge in [0, 0.05) is 41.1 Å². The average Bonchev–Trinajstić information content (AvgIpc) is 3.03. The Hall–Kier alpha value is -3.10. The normalized spacial score (nSPS) is 13.2. The number of guanidine groups is 2. The predicted octanol–water partition coefficient (Wildman–Crippen LogP) is 3.22. The van der Waals surface area contributed by atoms with Crippen molar-refractivity contribution < 1.29 is 0 Å². The summed E-state index contributed by atoms with van der Waals surface area (Å²) in [5, 5.41) is 13.4. The van der Waals surface area contributed by atoms with Gasteiger partial charge in [-0.3, -0.25) is 10.4 Å². The zero-order valence-corrected chi connectivity index (χ0v) is 18.3. The van der Waals surface area contributed by atoms with Crippen LogP contribution in [0.15, 0.2) is 41.4 Å². The standard InChI is InChI=1S/C21H24Cl2N8/c22-16-3-1-13(10-17(16)23)29-12-2-4-18-15(9-12)14-5-7-30(21(26)27)11-19(14)31(18)8-6-28-20(24)25/h1-4,9-10,29H,5-8,11H2,(H3,26,27)(H4,24,25,28). The molecule has 1 aromatic heterocycles. The van der Waals surface area contributed by atoms with Gasteiger partial charge < -0.3 is 32.0 Å². The van der Waals surface area contributed by atoms with Crippen LogP contribution < -0.4 is 22.5 Å². The monoisotopic (exact) mass is 458 g/mol. The van der Waals surface area contributed by atoms with Gasteiger partial charge in [0.2, 0.25) is 0 Å². The van der Waals surface area contributed by atoms with Crippen molar-refractivity contribution in [3.8, 4) is 0 Å². The maximum absolute atomic E-state index is 7.83. The molecule has 0 spiro atoms. The molecule has 4 rings (SSSR count). The van der Waals surface area contributed by atoms with E-state index in [4.69, 9.17) is 45.8 Å². The predicted molar refractivity (Wildman–Crippen MR) is 128 cm³/mol. The number of aliphatic imine (C=N–C) groups is 1. The van der Waals surface area contributed by atoms with E-state index in [-0.39, 0.29) is 11.9 Å². The van der Waals surface area contributed by atoms with Crippen LogP contribution in [0.25, 0.3) is 10.9 Å². The summed E-state index contributed by atoms with van der Waals surface area (Å²) in [7, 11) is 0. The molecular weight excluding hydrogens is 435 g/mol. The first kappa shape index (κ1) is 21.1. The van der Waals surface area contributed by atoms with Crippen LogP contribution in [0.5, 0.6) is 0 Å². The highest BCUT2D eigenvalue weighted by molar-refractivity contribution is 6.42. The van der Waals surface area contributed by atoms with Crippen molar-refractivity contribution in [2.45, 2.75) is 19.5 Å². The van der Waals surface area contributed by atoms with Crippen LogP contribution in [-0.4, -0.2) is 34.5 Å². The number of anilines is 2. The minimum Gasteiger partial charge on any atom is -0.370 e. The first-order valence-electron chi connectivity index (χ1n) is 9.84. The quantitative estimate of drug-likeness (QED) is 0.295. The largest absolute Gasteiger partial charge is 0.370 e. The van der Waals surface area contributed by atoms with Crippen molar-refractivity contribution in [1.82, 2.24) is 9.47 Å². The molecule has 0 bridgehead atoms. The van der Waals surface area contributed by atoms with Gasteiger partial charge in [-0.15, -0.1) is 0 Å². The van der Waals surface area contributed by atoms with E-state index < -0.39 is 0 Å². The molecule has 1 aliphatic rings. The van der Waals surface area contributed by atoms with E-state index in [9.17, 15) is 0 Å². The van der Waals surface area contributed by atoms with Crippen LogP contribution >= 0.6 is 23.2 Å². The molecule has 0 unspecified atom stereocenters. The van der Waals surface area contributed by atoms with Crippen molar-refractivity contribution in [2.75, 3.05) is 18.4 Å². The molecule has 3 aromatic rings. The Labute approximate surface area is 190 Å². The number of hydrogen-bond acceptors (Lipinski definition) is 3. The van der Waals surface area contributed by atoms with E-state index in [2.05, 4.69) is 27.0 Å². The fraction of sp³-hybridized carbons (Fsp3) is 0.238. The van der Waals surface area contributed by atoms with Crippen molar-refractivity contribution in [1.29, 1.82) is 5.41 Å². The smallest absolute Gasteiger partial charge is 0.188 e. The molecule has 0 atom stereocenters. The molecule has 0 saturated carbocycles. The number of halogens is 2. The maximum Gasteiger partial charge on any atom is 0.188 e. The lowest BCUT2D eigenvalue weighted by Gasteiger charge is -2.28. The molecule has 1 aliphatic heterocycles. The summed E-state index contributed by atoms with van der Waals surface area (Å²) < 4.78 is 2.22. The number of rotatable bonds is 5. The van der Waals surface area contributed by atoms with Crippen LogP contribution in [0.2, 0.25) is 10.0 Å². The number of aromatic nitrogens is 1. The molecule has 0 saturated heterocycles. The van der Waals surface area contributed by atoms with Gasteiger partial charge in [-0.25, -0.2) is 0 Å². The van der Waals surface area contributed by atoms with Gasteiger partial charge in [0.15, 0.2) is 11.9 Å². The SMILES string of the molecule is N=C(N)N1CCc2c(n(CCN=C(N)N)c3ccc(Nc4ccc(Cl)c(Cl)c4)cc23)C1. The van der Waals surface area contributed by atoms with E-state index in [1.54, 1.807) is 12.1 Å². The van der Waals surface area contributed by atoms with Crippen LogP contribution in [-0.2, 0) is 19.5 Å². The van der Waals surface area contributed by atoms with Crippen molar-refractivity contribution in [3.05, 3.63) is 57.7 Å². The van der Waals surface area contributed by atoms with Gasteiger partial charge in [-0.2, -0.15) is 0 Å². The third kappa shape index (κ3) is 4.35. The number of benzene rings is 2. The second kappa shape index (κ2) is 8.56. The third-order valence-electron chi connectivity index (χ3n) is 5.43.